The third-order valence-electron chi connectivity index (χ3n) is 3.39. The predicted molar refractivity (Wildman–Crippen MR) is 60.9 cm³/mol. The highest BCUT2D eigenvalue weighted by Gasteiger charge is 2.17. The zero-order chi connectivity index (χ0) is 10.3. The summed E-state index contributed by atoms with van der Waals surface area (Å²) in [6.45, 7) is 10.6. The molecule has 0 radical (unpaired) electrons. The Hall–Kier alpha value is -0.0400. The van der Waals surface area contributed by atoms with Crippen LogP contribution in [-0.4, -0.2) is 13.6 Å². The Morgan fingerprint density at radius 2 is 1.54 bits per heavy atom. The van der Waals surface area contributed by atoms with Crippen LogP contribution in [0.4, 0.5) is 0 Å². The quantitative estimate of drug-likeness (QED) is 0.641. The van der Waals surface area contributed by atoms with Crippen molar-refractivity contribution in [1.82, 2.24) is 5.32 Å². The fourth-order valence-corrected chi connectivity index (χ4v) is 1.91. The van der Waals surface area contributed by atoms with Gasteiger partial charge in [0, 0.05) is 0 Å². The highest BCUT2D eigenvalue weighted by Crippen LogP contribution is 2.25. The van der Waals surface area contributed by atoms with E-state index in [0.29, 0.717) is 0 Å². The summed E-state index contributed by atoms with van der Waals surface area (Å²) in [6, 6.07) is 0. The van der Waals surface area contributed by atoms with E-state index >= 15 is 0 Å². The summed E-state index contributed by atoms with van der Waals surface area (Å²) in [4.78, 5) is 0. The van der Waals surface area contributed by atoms with E-state index in [9.17, 15) is 0 Å². The van der Waals surface area contributed by atoms with E-state index in [4.69, 9.17) is 0 Å². The molecule has 0 aliphatic rings. The molecule has 0 aromatic carbocycles. The van der Waals surface area contributed by atoms with Crippen LogP contribution >= 0.6 is 0 Å². The van der Waals surface area contributed by atoms with E-state index in [2.05, 4.69) is 33.0 Å². The van der Waals surface area contributed by atoms with Crippen molar-refractivity contribution in [1.29, 1.82) is 0 Å². The third kappa shape index (κ3) is 5.30. The highest BCUT2D eigenvalue weighted by molar-refractivity contribution is 4.68. The zero-order valence-corrected chi connectivity index (χ0v) is 10.1. The van der Waals surface area contributed by atoms with Gasteiger partial charge in [0.25, 0.3) is 0 Å². The lowest BCUT2D eigenvalue weighted by Crippen LogP contribution is -2.20. The molecule has 0 heterocycles. The number of nitrogens with one attached hydrogen (secondary N) is 1. The standard InChI is InChI=1S/C12H27N/c1-6-7-10(2)12(4)11(3)8-9-13-5/h10-13H,6-9H2,1-5H3. The second-order valence-electron chi connectivity index (χ2n) is 4.49. The van der Waals surface area contributed by atoms with Gasteiger partial charge in [-0.25, -0.2) is 0 Å². The molecule has 13 heavy (non-hydrogen) atoms. The maximum Gasteiger partial charge on any atom is -0.00493 e. The van der Waals surface area contributed by atoms with Crippen molar-refractivity contribution >= 4 is 0 Å². The normalized spacial score (nSPS) is 18.2. The van der Waals surface area contributed by atoms with Gasteiger partial charge in [-0.1, -0.05) is 40.5 Å². The van der Waals surface area contributed by atoms with Crippen LogP contribution in [0, 0.1) is 17.8 Å². The molecule has 1 N–H and O–H groups in total. The van der Waals surface area contributed by atoms with E-state index in [1.807, 2.05) is 7.05 Å². The van der Waals surface area contributed by atoms with Crippen molar-refractivity contribution in [3.63, 3.8) is 0 Å². The third-order valence-corrected chi connectivity index (χ3v) is 3.39. The summed E-state index contributed by atoms with van der Waals surface area (Å²) in [7, 11) is 2.03. The second-order valence-corrected chi connectivity index (χ2v) is 4.49. The molecule has 0 rings (SSSR count). The minimum atomic E-state index is 0.856. The Morgan fingerprint density at radius 3 is 2.00 bits per heavy atom. The Bertz CT molecular complexity index is 112. The first-order valence-electron chi connectivity index (χ1n) is 5.78. The van der Waals surface area contributed by atoms with Crippen LogP contribution in [0.5, 0.6) is 0 Å². The lowest BCUT2D eigenvalue weighted by molar-refractivity contribution is 0.252. The molecule has 80 valence electrons. The molecule has 1 nitrogen and oxygen atoms in total. The average molecular weight is 185 g/mol. The molecule has 0 aromatic heterocycles. The Kier molecular flexibility index (Phi) is 7.35. The number of hydrogen-bond acceptors (Lipinski definition) is 1. The monoisotopic (exact) mass is 185 g/mol. The highest BCUT2D eigenvalue weighted by atomic mass is 14.8. The molecule has 0 aliphatic carbocycles. The van der Waals surface area contributed by atoms with E-state index in [1.54, 1.807) is 0 Å². The van der Waals surface area contributed by atoms with E-state index < -0.39 is 0 Å². The molecule has 0 saturated heterocycles. The minimum absolute atomic E-state index is 0.856. The summed E-state index contributed by atoms with van der Waals surface area (Å²) in [5.74, 6) is 2.61. The summed E-state index contributed by atoms with van der Waals surface area (Å²) < 4.78 is 0. The molecule has 1 heteroatoms. The van der Waals surface area contributed by atoms with Crippen molar-refractivity contribution < 1.29 is 0 Å². The maximum absolute atomic E-state index is 3.22. The first-order valence-corrected chi connectivity index (χ1v) is 5.78. The number of hydrogen-bond donors (Lipinski definition) is 1. The second kappa shape index (κ2) is 7.37. The Balaban J connectivity index is 3.71. The van der Waals surface area contributed by atoms with Crippen LogP contribution in [0.25, 0.3) is 0 Å². The lowest BCUT2D eigenvalue weighted by Gasteiger charge is -2.25. The van der Waals surface area contributed by atoms with E-state index in [-0.39, 0.29) is 0 Å². The zero-order valence-electron chi connectivity index (χ0n) is 10.1. The van der Waals surface area contributed by atoms with Gasteiger partial charge in [-0.3, -0.25) is 0 Å². The molecular formula is C12H27N. The largest absolute Gasteiger partial charge is 0.320 e. The van der Waals surface area contributed by atoms with Gasteiger partial charge in [-0.05, 0) is 37.8 Å². The van der Waals surface area contributed by atoms with Crippen LogP contribution in [0.3, 0.4) is 0 Å². The van der Waals surface area contributed by atoms with Crippen molar-refractivity contribution in [3.05, 3.63) is 0 Å². The molecule has 0 saturated carbocycles. The predicted octanol–water partition coefficient (Wildman–Crippen LogP) is 3.30. The van der Waals surface area contributed by atoms with Crippen LogP contribution in [0.15, 0.2) is 0 Å². The van der Waals surface area contributed by atoms with Gasteiger partial charge in [-0.2, -0.15) is 0 Å². The fourth-order valence-electron chi connectivity index (χ4n) is 1.91. The van der Waals surface area contributed by atoms with Crippen LogP contribution in [-0.2, 0) is 0 Å². The Labute approximate surface area is 84.3 Å². The first kappa shape index (κ1) is 13.0. The number of rotatable bonds is 7. The van der Waals surface area contributed by atoms with Gasteiger partial charge in [0.1, 0.15) is 0 Å². The van der Waals surface area contributed by atoms with E-state index in [0.717, 1.165) is 24.3 Å². The topological polar surface area (TPSA) is 12.0 Å². The van der Waals surface area contributed by atoms with Crippen molar-refractivity contribution in [3.8, 4) is 0 Å². The molecule has 0 bridgehead atoms. The minimum Gasteiger partial charge on any atom is -0.320 e. The van der Waals surface area contributed by atoms with Gasteiger partial charge >= 0.3 is 0 Å². The summed E-state index contributed by atoms with van der Waals surface area (Å²) >= 11 is 0. The summed E-state index contributed by atoms with van der Waals surface area (Å²) in [5.41, 5.74) is 0. The Morgan fingerprint density at radius 1 is 1.00 bits per heavy atom. The smallest absolute Gasteiger partial charge is 0.00493 e. The van der Waals surface area contributed by atoms with Crippen LogP contribution in [0.2, 0.25) is 0 Å². The molecule has 0 spiro atoms. The molecule has 3 unspecified atom stereocenters. The maximum atomic E-state index is 3.22. The van der Waals surface area contributed by atoms with Gasteiger partial charge in [-0.15, -0.1) is 0 Å². The molecule has 0 amide bonds. The van der Waals surface area contributed by atoms with Crippen molar-refractivity contribution in [2.24, 2.45) is 17.8 Å². The van der Waals surface area contributed by atoms with Gasteiger partial charge < -0.3 is 5.32 Å². The lowest BCUT2D eigenvalue weighted by atomic mass is 9.81. The van der Waals surface area contributed by atoms with Crippen molar-refractivity contribution in [2.45, 2.75) is 47.0 Å². The van der Waals surface area contributed by atoms with Gasteiger partial charge in [0.2, 0.25) is 0 Å². The van der Waals surface area contributed by atoms with Crippen molar-refractivity contribution in [2.75, 3.05) is 13.6 Å². The van der Waals surface area contributed by atoms with Crippen LogP contribution in [0.1, 0.15) is 47.0 Å². The van der Waals surface area contributed by atoms with Gasteiger partial charge in [0.05, 0.1) is 0 Å². The average Bonchev–Trinajstić information content (AvgIpc) is 2.13. The molecule has 0 fully saturated rings. The molecule has 3 atom stereocenters. The molecule has 0 aromatic rings. The van der Waals surface area contributed by atoms with Gasteiger partial charge in [0.15, 0.2) is 0 Å². The van der Waals surface area contributed by atoms with E-state index in [1.165, 1.54) is 19.3 Å². The fraction of sp³-hybridized carbons (Fsp3) is 1.00. The molecular weight excluding hydrogens is 158 g/mol. The summed E-state index contributed by atoms with van der Waals surface area (Å²) in [6.07, 6.45) is 4.01. The SMILES string of the molecule is CCCC(C)C(C)C(C)CCNC. The first-order chi connectivity index (χ1) is 6.13. The summed E-state index contributed by atoms with van der Waals surface area (Å²) in [5, 5.41) is 3.22. The molecule has 0 aliphatic heterocycles. The van der Waals surface area contributed by atoms with Crippen LogP contribution < -0.4 is 5.32 Å².